The SMILES string of the molecule is CC(C)CC(O)CNCc1ccsc1C(=O)O. The minimum absolute atomic E-state index is 0.371. The zero-order valence-corrected chi connectivity index (χ0v) is 11.0. The molecule has 0 aliphatic carbocycles. The molecular weight excluding hydrogens is 238 g/mol. The summed E-state index contributed by atoms with van der Waals surface area (Å²) in [6.07, 6.45) is 0.379. The van der Waals surface area contributed by atoms with Crippen LogP contribution in [0.5, 0.6) is 0 Å². The molecule has 3 N–H and O–H groups in total. The predicted molar refractivity (Wildman–Crippen MR) is 68.4 cm³/mol. The van der Waals surface area contributed by atoms with Crippen molar-refractivity contribution in [3.05, 3.63) is 21.9 Å². The average Bonchev–Trinajstić information content (AvgIpc) is 2.64. The molecule has 96 valence electrons. The number of aliphatic hydroxyl groups excluding tert-OH is 1. The standard InChI is InChI=1S/C12H19NO3S/c1-8(2)5-10(14)7-13-6-9-3-4-17-11(9)12(15)16/h3-4,8,10,13-14H,5-7H2,1-2H3,(H,15,16). The molecule has 0 bridgehead atoms. The summed E-state index contributed by atoms with van der Waals surface area (Å²) >= 11 is 1.23. The number of nitrogens with one attached hydrogen (secondary N) is 1. The summed E-state index contributed by atoms with van der Waals surface area (Å²) in [7, 11) is 0. The van der Waals surface area contributed by atoms with Crippen LogP contribution in [0, 0.1) is 5.92 Å². The number of hydrogen-bond acceptors (Lipinski definition) is 4. The molecule has 1 rings (SSSR count). The van der Waals surface area contributed by atoms with E-state index < -0.39 is 5.97 Å². The largest absolute Gasteiger partial charge is 0.477 e. The van der Waals surface area contributed by atoms with Gasteiger partial charge in [0.2, 0.25) is 0 Å². The molecule has 0 aliphatic rings. The van der Waals surface area contributed by atoms with Crippen molar-refractivity contribution in [3.8, 4) is 0 Å². The fourth-order valence-corrected chi connectivity index (χ4v) is 2.42. The smallest absolute Gasteiger partial charge is 0.346 e. The predicted octanol–water partition coefficient (Wildman–Crippen LogP) is 1.94. The highest BCUT2D eigenvalue weighted by atomic mass is 32.1. The van der Waals surface area contributed by atoms with Crippen molar-refractivity contribution in [2.24, 2.45) is 5.92 Å². The van der Waals surface area contributed by atoms with Gasteiger partial charge in [0, 0.05) is 13.1 Å². The minimum Gasteiger partial charge on any atom is -0.477 e. The number of aliphatic hydroxyl groups is 1. The Balaban J connectivity index is 2.35. The van der Waals surface area contributed by atoms with E-state index in [4.69, 9.17) is 5.11 Å². The summed E-state index contributed by atoms with van der Waals surface area (Å²) in [5.74, 6) is -0.429. The highest BCUT2D eigenvalue weighted by Crippen LogP contribution is 2.16. The molecule has 4 nitrogen and oxygen atoms in total. The summed E-state index contributed by atoms with van der Waals surface area (Å²) in [6, 6.07) is 1.80. The van der Waals surface area contributed by atoms with Gasteiger partial charge in [0.1, 0.15) is 4.88 Å². The molecule has 0 amide bonds. The topological polar surface area (TPSA) is 69.6 Å². The molecule has 1 unspecified atom stereocenters. The van der Waals surface area contributed by atoms with Gasteiger partial charge in [-0.05, 0) is 29.3 Å². The van der Waals surface area contributed by atoms with E-state index in [-0.39, 0.29) is 6.10 Å². The first-order chi connectivity index (χ1) is 8.00. The van der Waals surface area contributed by atoms with Crippen molar-refractivity contribution >= 4 is 17.3 Å². The van der Waals surface area contributed by atoms with Crippen molar-refractivity contribution < 1.29 is 15.0 Å². The van der Waals surface area contributed by atoms with Crippen LogP contribution in [0.25, 0.3) is 0 Å². The van der Waals surface area contributed by atoms with Crippen LogP contribution in [0.4, 0.5) is 0 Å². The molecule has 0 spiro atoms. The Bertz CT molecular complexity index is 362. The molecule has 0 saturated heterocycles. The maximum atomic E-state index is 10.9. The van der Waals surface area contributed by atoms with E-state index in [2.05, 4.69) is 19.2 Å². The van der Waals surface area contributed by atoms with Crippen LogP contribution >= 0.6 is 11.3 Å². The molecular formula is C12H19NO3S. The lowest BCUT2D eigenvalue weighted by Gasteiger charge is -2.13. The van der Waals surface area contributed by atoms with Crippen LogP contribution in [0.15, 0.2) is 11.4 Å². The van der Waals surface area contributed by atoms with Crippen LogP contribution in [-0.2, 0) is 6.54 Å². The van der Waals surface area contributed by atoms with Crippen LogP contribution < -0.4 is 5.32 Å². The number of carbonyl (C=O) groups is 1. The second-order valence-electron chi connectivity index (χ2n) is 4.49. The number of aromatic carboxylic acids is 1. The molecule has 1 aromatic rings. The second kappa shape index (κ2) is 6.74. The van der Waals surface area contributed by atoms with Gasteiger partial charge >= 0.3 is 5.97 Å². The molecule has 1 heterocycles. The van der Waals surface area contributed by atoms with Crippen LogP contribution in [0.3, 0.4) is 0 Å². The Kier molecular flexibility index (Phi) is 5.61. The lowest BCUT2D eigenvalue weighted by Crippen LogP contribution is -2.27. The van der Waals surface area contributed by atoms with Crippen molar-refractivity contribution in [1.29, 1.82) is 0 Å². The maximum absolute atomic E-state index is 10.9. The molecule has 0 saturated carbocycles. The monoisotopic (exact) mass is 257 g/mol. The van der Waals surface area contributed by atoms with Crippen molar-refractivity contribution in [3.63, 3.8) is 0 Å². The average molecular weight is 257 g/mol. The van der Waals surface area contributed by atoms with E-state index in [1.807, 2.05) is 0 Å². The number of hydrogen-bond donors (Lipinski definition) is 3. The van der Waals surface area contributed by atoms with Gasteiger partial charge in [0.15, 0.2) is 0 Å². The van der Waals surface area contributed by atoms with E-state index in [1.165, 1.54) is 11.3 Å². The Morgan fingerprint density at radius 2 is 2.24 bits per heavy atom. The van der Waals surface area contributed by atoms with Gasteiger partial charge in [-0.3, -0.25) is 0 Å². The molecule has 0 fully saturated rings. The number of carboxylic acids is 1. The lowest BCUT2D eigenvalue weighted by atomic mass is 10.1. The van der Waals surface area contributed by atoms with Crippen LogP contribution in [-0.4, -0.2) is 28.8 Å². The highest BCUT2D eigenvalue weighted by molar-refractivity contribution is 7.12. The van der Waals surface area contributed by atoms with Gasteiger partial charge in [-0.25, -0.2) is 4.79 Å². The lowest BCUT2D eigenvalue weighted by molar-refractivity contribution is 0.0701. The fourth-order valence-electron chi connectivity index (χ4n) is 1.66. The Labute approximate surface area is 105 Å². The van der Waals surface area contributed by atoms with Crippen LogP contribution in [0.2, 0.25) is 0 Å². The summed E-state index contributed by atoms with van der Waals surface area (Å²) < 4.78 is 0. The van der Waals surface area contributed by atoms with E-state index in [9.17, 15) is 9.90 Å². The third-order valence-electron chi connectivity index (χ3n) is 2.38. The number of thiophene rings is 1. The first-order valence-electron chi connectivity index (χ1n) is 5.69. The number of rotatable bonds is 7. The quantitative estimate of drug-likeness (QED) is 0.698. The number of carboxylic acid groups (broad SMARTS) is 1. The molecule has 17 heavy (non-hydrogen) atoms. The molecule has 0 aromatic carbocycles. The third-order valence-corrected chi connectivity index (χ3v) is 3.32. The van der Waals surface area contributed by atoms with E-state index in [0.717, 1.165) is 12.0 Å². The summed E-state index contributed by atoms with van der Waals surface area (Å²) in [4.78, 5) is 11.2. The first kappa shape index (κ1) is 14.2. The van der Waals surface area contributed by atoms with Crippen molar-refractivity contribution in [2.45, 2.75) is 32.9 Å². The normalized spacial score (nSPS) is 12.9. The summed E-state index contributed by atoms with van der Waals surface area (Å²) in [5, 5.41) is 23.4. The molecule has 0 radical (unpaired) electrons. The van der Waals surface area contributed by atoms with E-state index in [0.29, 0.717) is 23.9 Å². The Hall–Kier alpha value is -0.910. The summed E-state index contributed by atoms with van der Waals surface area (Å²) in [6.45, 7) is 5.10. The van der Waals surface area contributed by atoms with Crippen molar-refractivity contribution in [1.82, 2.24) is 5.32 Å². The third kappa shape index (κ3) is 4.85. The van der Waals surface area contributed by atoms with E-state index in [1.54, 1.807) is 11.4 Å². The van der Waals surface area contributed by atoms with E-state index >= 15 is 0 Å². The molecule has 1 atom stereocenters. The highest BCUT2D eigenvalue weighted by Gasteiger charge is 2.12. The van der Waals surface area contributed by atoms with Gasteiger partial charge in [-0.15, -0.1) is 11.3 Å². The van der Waals surface area contributed by atoms with Crippen molar-refractivity contribution in [2.75, 3.05) is 6.54 Å². The van der Waals surface area contributed by atoms with Gasteiger partial charge in [-0.2, -0.15) is 0 Å². The Morgan fingerprint density at radius 1 is 1.53 bits per heavy atom. The second-order valence-corrected chi connectivity index (χ2v) is 5.41. The molecule has 1 aromatic heterocycles. The first-order valence-corrected chi connectivity index (χ1v) is 6.57. The van der Waals surface area contributed by atoms with Gasteiger partial charge in [0.25, 0.3) is 0 Å². The summed E-state index contributed by atoms with van der Waals surface area (Å²) in [5.41, 5.74) is 0.777. The van der Waals surface area contributed by atoms with Gasteiger partial charge < -0.3 is 15.5 Å². The zero-order valence-electron chi connectivity index (χ0n) is 10.1. The van der Waals surface area contributed by atoms with Gasteiger partial charge in [0.05, 0.1) is 6.10 Å². The fraction of sp³-hybridized carbons (Fsp3) is 0.583. The van der Waals surface area contributed by atoms with Crippen LogP contribution in [0.1, 0.15) is 35.5 Å². The molecule has 5 heteroatoms. The van der Waals surface area contributed by atoms with Gasteiger partial charge in [-0.1, -0.05) is 13.8 Å². The maximum Gasteiger partial charge on any atom is 0.346 e. The minimum atomic E-state index is -0.889. The Morgan fingerprint density at radius 3 is 2.82 bits per heavy atom. The zero-order chi connectivity index (χ0) is 12.8. The molecule has 0 aliphatic heterocycles.